The summed E-state index contributed by atoms with van der Waals surface area (Å²) in [5, 5.41) is 0. The fourth-order valence-corrected chi connectivity index (χ4v) is 15.5. The fraction of sp³-hybridized carbons (Fsp3) is 0.250. The molecule has 3 heteroatoms. The zero-order chi connectivity index (χ0) is 25.5. The molecule has 0 bridgehead atoms. The Kier molecular flexibility index (Phi) is 7.37. The maximum atomic E-state index is 2.61. The van der Waals surface area contributed by atoms with E-state index in [9.17, 15) is 0 Å². The van der Waals surface area contributed by atoms with Crippen LogP contribution in [0.5, 0.6) is 0 Å². The molecule has 4 aliphatic carbocycles. The molecule has 7 rings (SSSR count). The summed E-state index contributed by atoms with van der Waals surface area (Å²) >= 11 is -2.40. The minimum Gasteiger partial charge on any atom is -1.00 e. The van der Waals surface area contributed by atoms with Crippen LogP contribution in [0.15, 0.2) is 88.3 Å². The molecule has 3 aromatic rings. The molecule has 0 spiro atoms. The molecule has 4 aliphatic rings. The molecule has 3 aromatic carbocycles. The molecule has 0 unspecified atom stereocenters. The number of benzene rings is 3. The van der Waals surface area contributed by atoms with Crippen molar-refractivity contribution in [1.29, 1.82) is 0 Å². The van der Waals surface area contributed by atoms with Gasteiger partial charge in [0.2, 0.25) is 0 Å². The van der Waals surface area contributed by atoms with E-state index >= 15 is 0 Å². The van der Waals surface area contributed by atoms with Crippen LogP contribution in [0.4, 0.5) is 0 Å². The van der Waals surface area contributed by atoms with Gasteiger partial charge in [0.15, 0.2) is 0 Å². The van der Waals surface area contributed by atoms with Gasteiger partial charge in [-0.2, -0.15) is 0 Å². The van der Waals surface area contributed by atoms with E-state index in [1.165, 1.54) is 38.9 Å². The van der Waals surface area contributed by atoms with E-state index in [2.05, 4.69) is 132 Å². The van der Waals surface area contributed by atoms with Gasteiger partial charge in [0.05, 0.1) is 0 Å². The summed E-state index contributed by atoms with van der Waals surface area (Å²) in [6.07, 6.45) is 17.7. The molecule has 0 saturated carbocycles. The van der Waals surface area contributed by atoms with Crippen molar-refractivity contribution in [3.63, 3.8) is 0 Å². The Morgan fingerprint density at radius 2 is 1.31 bits per heavy atom. The van der Waals surface area contributed by atoms with Gasteiger partial charge >= 0.3 is 230 Å². The first-order valence-corrected chi connectivity index (χ1v) is 17.5. The summed E-state index contributed by atoms with van der Waals surface area (Å²) in [4.78, 5) is 0. The molecule has 0 atom stereocenters. The third-order valence-corrected chi connectivity index (χ3v) is 17.4. The van der Waals surface area contributed by atoms with Gasteiger partial charge in [-0.05, 0) is 0 Å². The van der Waals surface area contributed by atoms with Gasteiger partial charge < -0.3 is 24.8 Å². The van der Waals surface area contributed by atoms with Gasteiger partial charge in [-0.25, -0.2) is 0 Å². The van der Waals surface area contributed by atoms with E-state index in [4.69, 9.17) is 0 Å². The molecule has 0 saturated heterocycles. The summed E-state index contributed by atoms with van der Waals surface area (Å²) in [7, 11) is 0. The van der Waals surface area contributed by atoms with Crippen molar-refractivity contribution in [1.82, 2.24) is 0 Å². The maximum Gasteiger partial charge on any atom is -1.00 e. The van der Waals surface area contributed by atoms with Crippen molar-refractivity contribution in [2.75, 3.05) is 0 Å². The Labute approximate surface area is 253 Å². The van der Waals surface area contributed by atoms with Gasteiger partial charge in [0.1, 0.15) is 0 Å². The van der Waals surface area contributed by atoms with Crippen LogP contribution in [0.25, 0.3) is 23.3 Å². The molecule has 0 amide bonds. The van der Waals surface area contributed by atoms with Gasteiger partial charge in [0, 0.05) is 0 Å². The standard InChI is InChI=1S/C23H21.C8H8.C5H5.2ClH.Zr/c1-22(2)7-5-14-10-18-16(12-20(14)22)9-17-13-21-15(11-19(17)18)6-8-23(21,3)4;1-2-8-6-4-3-5-7-8;1-2-4-5-3-1;;;/h5-13H,1-4H3;3-7H,1H3;1-3H,4H2;2*1H;/q;;;;;+2/p-2. The van der Waals surface area contributed by atoms with Crippen LogP contribution in [0.1, 0.15) is 83.6 Å². The molecule has 0 N–H and O–H groups in total. The largest absolute Gasteiger partial charge is 1.00 e. The second-order valence-electron chi connectivity index (χ2n) is 12.3. The van der Waals surface area contributed by atoms with Crippen LogP contribution in [-0.2, 0) is 32.1 Å². The second kappa shape index (κ2) is 10.1. The van der Waals surface area contributed by atoms with Gasteiger partial charge in [0.25, 0.3) is 0 Å². The maximum absolute atomic E-state index is 2.61. The number of fused-ring (bicyclic) bond motifs is 5. The van der Waals surface area contributed by atoms with Crippen molar-refractivity contribution in [3.05, 3.63) is 127 Å². The molecule has 39 heavy (non-hydrogen) atoms. The summed E-state index contributed by atoms with van der Waals surface area (Å²) in [5.41, 5.74) is 13.6. The summed E-state index contributed by atoms with van der Waals surface area (Å²) in [6, 6.07) is 21.5. The van der Waals surface area contributed by atoms with Crippen molar-refractivity contribution >= 4 is 15.4 Å². The zero-order valence-corrected chi connectivity index (χ0v) is 27.2. The van der Waals surface area contributed by atoms with E-state index in [1.54, 1.807) is 17.6 Å². The third-order valence-electron chi connectivity index (χ3n) is 9.12. The summed E-state index contributed by atoms with van der Waals surface area (Å²) in [5.74, 6) is 0. The first kappa shape index (κ1) is 28.5. The Balaban J connectivity index is 0.00000154. The average molecular weight is 629 g/mol. The Morgan fingerprint density at radius 1 is 0.769 bits per heavy atom. The molecule has 0 nitrogen and oxygen atoms in total. The van der Waals surface area contributed by atoms with Gasteiger partial charge in [-0.15, -0.1) is 0 Å². The van der Waals surface area contributed by atoms with Crippen LogP contribution in [0.2, 0.25) is 0 Å². The van der Waals surface area contributed by atoms with Crippen LogP contribution in [0.3, 0.4) is 0 Å². The molecular weight excluding hydrogens is 595 g/mol. The fourth-order valence-electron chi connectivity index (χ4n) is 6.99. The first-order chi connectivity index (χ1) is 17.7. The first-order valence-electron chi connectivity index (χ1n) is 13.6. The number of allylic oxidation sites excluding steroid dienone is 6. The van der Waals surface area contributed by atoms with Crippen LogP contribution in [-0.4, -0.2) is 3.21 Å². The van der Waals surface area contributed by atoms with Crippen molar-refractivity contribution < 1.29 is 46.1 Å². The predicted octanol–water partition coefficient (Wildman–Crippen LogP) is 3.08. The SMILES string of the molecule is C/[C](c1ccccc1)=[Zr+2](/[C]1=CC=CC1)[CH]1c2cc3c(cc2-c2cc4c(cc21)C(C)(C)C=C4)C=CC3(C)C.[Cl-].[Cl-]. The van der Waals surface area contributed by atoms with E-state index < -0.39 is 21.3 Å². The van der Waals surface area contributed by atoms with Gasteiger partial charge in [-0.1, -0.05) is 0 Å². The van der Waals surface area contributed by atoms with E-state index in [0.29, 0.717) is 3.63 Å². The van der Waals surface area contributed by atoms with Gasteiger partial charge in [-0.3, -0.25) is 0 Å². The normalized spacial score (nSPS) is 18.5. The summed E-state index contributed by atoms with van der Waals surface area (Å²) < 4.78 is 3.89. The van der Waals surface area contributed by atoms with Crippen LogP contribution < -0.4 is 24.8 Å². The minimum atomic E-state index is -2.40. The molecule has 0 aliphatic heterocycles. The quantitative estimate of drug-likeness (QED) is 0.419. The smallest absolute Gasteiger partial charge is 1.00 e. The Bertz CT molecular complexity index is 1570. The molecular formula is C36H34Cl2Zr. The van der Waals surface area contributed by atoms with E-state index in [0.717, 1.165) is 6.42 Å². The van der Waals surface area contributed by atoms with E-state index in [-0.39, 0.29) is 35.6 Å². The topological polar surface area (TPSA) is 0 Å². The number of rotatable bonds is 3. The second-order valence-corrected chi connectivity index (χ2v) is 19.2. The zero-order valence-electron chi connectivity index (χ0n) is 23.3. The molecule has 196 valence electrons. The summed E-state index contributed by atoms with van der Waals surface area (Å²) in [6.45, 7) is 11.9. The third kappa shape index (κ3) is 4.41. The predicted molar refractivity (Wildman–Crippen MR) is 156 cm³/mol. The Hall–Kier alpha value is -2.05. The number of hydrogen-bond acceptors (Lipinski definition) is 0. The molecule has 0 heterocycles. The number of hydrogen-bond donors (Lipinski definition) is 0. The van der Waals surface area contributed by atoms with Crippen LogP contribution in [0, 0.1) is 0 Å². The van der Waals surface area contributed by atoms with Crippen LogP contribution >= 0.6 is 0 Å². The minimum absolute atomic E-state index is 0. The number of halogens is 2. The van der Waals surface area contributed by atoms with Crippen molar-refractivity contribution in [2.45, 2.75) is 55.5 Å². The molecule has 0 radical (unpaired) electrons. The monoisotopic (exact) mass is 626 g/mol. The van der Waals surface area contributed by atoms with Crippen molar-refractivity contribution in [2.24, 2.45) is 0 Å². The van der Waals surface area contributed by atoms with Crippen molar-refractivity contribution in [3.8, 4) is 11.1 Å². The molecule has 0 fully saturated rings. The average Bonchev–Trinajstić information content (AvgIpc) is 3.65. The Morgan fingerprint density at radius 3 is 1.79 bits per heavy atom. The molecule has 0 aromatic heterocycles. The van der Waals surface area contributed by atoms with E-state index in [1.807, 2.05) is 0 Å².